The Morgan fingerprint density at radius 3 is 1.92 bits per heavy atom. The average molecular weight is 324 g/mol. The van der Waals surface area contributed by atoms with E-state index in [1.807, 2.05) is 55.5 Å². The van der Waals surface area contributed by atoms with Gasteiger partial charge in [0.05, 0.1) is 0 Å². The van der Waals surface area contributed by atoms with Gasteiger partial charge in [-0.15, -0.1) is 0 Å². The van der Waals surface area contributed by atoms with Crippen LogP contribution in [0.4, 0.5) is 0 Å². The van der Waals surface area contributed by atoms with Crippen molar-refractivity contribution in [2.24, 2.45) is 5.73 Å². The Kier molecular flexibility index (Phi) is 5.45. The van der Waals surface area contributed by atoms with Gasteiger partial charge in [0.25, 0.3) is 0 Å². The third-order valence-electron chi connectivity index (χ3n) is 4.59. The Morgan fingerprint density at radius 2 is 1.42 bits per heavy atom. The Hall–Kier alpha value is -2.13. The second kappa shape index (κ2) is 7.18. The van der Waals surface area contributed by atoms with E-state index in [9.17, 15) is 4.79 Å². The van der Waals surface area contributed by atoms with Gasteiger partial charge in [0, 0.05) is 6.04 Å². The molecule has 0 aliphatic rings. The summed E-state index contributed by atoms with van der Waals surface area (Å²) in [6.07, 6.45) is 0.841. The fourth-order valence-corrected chi connectivity index (χ4v) is 3.11. The summed E-state index contributed by atoms with van der Waals surface area (Å²) in [6.45, 7) is 8.18. The largest absolute Gasteiger partial charge is 0.352 e. The number of hydrogen-bond acceptors (Lipinski definition) is 2. The molecule has 24 heavy (non-hydrogen) atoms. The van der Waals surface area contributed by atoms with Crippen LogP contribution in [0.15, 0.2) is 60.7 Å². The standard InChI is InChI=1S/C21H28N2O/c1-16(15-20(2,3)17-11-7-5-8-12-17)23-19(24)21(4,22)18-13-9-6-10-14-18/h5-14,16H,15,22H2,1-4H3,(H,23,24). The van der Waals surface area contributed by atoms with Crippen LogP contribution in [0, 0.1) is 0 Å². The Morgan fingerprint density at radius 1 is 0.958 bits per heavy atom. The summed E-state index contributed by atoms with van der Waals surface area (Å²) in [5.41, 5.74) is 7.32. The van der Waals surface area contributed by atoms with Gasteiger partial charge in [0.2, 0.25) is 5.91 Å². The number of hydrogen-bond donors (Lipinski definition) is 2. The van der Waals surface area contributed by atoms with Crippen molar-refractivity contribution < 1.29 is 4.79 Å². The summed E-state index contributed by atoms with van der Waals surface area (Å²) in [4.78, 5) is 12.7. The van der Waals surface area contributed by atoms with Crippen molar-refractivity contribution in [1.29, 1.82) is 0 Å². The van der Waals surface area contributed by atoms with E-state index >= 15 is 0 Å². The minimum Gasteiger partial charge on any atom is -0.352 e. The minimum atomic E-state index is -1.04. The van der Waals surface area contributed by atoms with Crippen molar-refractivity contribution in [3.05, 3.63) is 71.8 Å². The van der Waals surface area contributed by atoms with Gasteiger partial charge in [-0.25, -0.2) is 0 Å². The van der Waals surface area contributed by atoms with Crippen LogP contribution in [0.3, 0.4) is 0 Å². The molecule has 0 radical (unpaired) electrons. The van der Waals surface area contributed by atoms with Crippen molar-refractivity contribution in [1.82, 2.24) is 5.32 Å². The highest BCUT2D eigenvalue weighted by Gasteiger charge is 2.32. The Balaban J connectivity index is 2.04. The Labute approximate surface area is 145 Å². The fourth-order valence-electron chi connectivity index (χ4n) is 3.11. The molecule has 3 N–H and O–H groups in total. The van der Waals surface area contributed by atoms with Crippen molar-refractivity contribution in [3.63, 3.8) is 0 Å². The van der Waals surface area contributed by atoms with Gasteiger partial charge >= 0.3 is 0 Å². The zero-order chi connectivity index (χ0) is 17.8. The van der Waals surface area contributed by atoms with Crippen LogP contribution in [0.2, 0.25) is 0 Å². The maximum absolute atomic E-state index is 12.7. The lowest BCUT2D eigenvalue weighted by atomic mass is 9.79. The highest BCUT2D eigenvalue weighted by atomic mass is 16.2. The van der Waals surface area contributed by atoms with Crippen LogP contribution < -0.4 is 11.1 Å². The molecule has 0 fully saturated rings. The quantitative estimate of drug-likeness (QED) is 0.850. The zero-order valence-corrected chi connectivity index (χ0v) is 15.0. The molecule has 0 saturated heterocycles. The van der Waals surface area contributed by atoms with E-state index in [1.54, 1.807) is 6.92 Å². The normalized spacial score (nSPS) is 15.4. The lowest BCUT2D eigenvalue weighted by Crippen LogP contribution is -2.52. The number of rotatable bonds is 6. The second-order valence-electron chi connectivity index (χ2n) is 7.40. The summed E-state index contributed by atoms with van der Waals surface area (Å²) in [5, 5.41) is 3.08. The van der Waals surface area contributed by atoms with Gasteiger partial charge in [-0.2, -0.15) is 0 Å². The third kappa shape index (κ3) is 4.24. The van der Waals surface area contributed by atoms with Crippen molar-refractivity contribution in [2.75, 3.05) is 0 Å². The molecule has 0 bridgehead atoms. The monoisotopic (exact) mass is 324 g/mol. The molecule has 0 aromatic heterocycles. The molecular weight excluding hydrogens is 296 g/mol. The van der Waals surface area contributed by atoms with Crippen LogP contribution >= 0.6 is 0 Å². The molecular formula is C21H28N2O. The highest BCUT2D eigenvalue weighted by Crippen LogP contribution is 2.28. The topological polar surface area (TPSA) is 55.1 Å². The molecule has 2 aromatic rings. The molecule has 0 heterocycles. The number of benzene rings is 2. The molecule has 2 aromatic carbocycles. The molecule has 3 nitrogen and oxygen atoms in total. The van der Waals surface area contributed by atoms with E-state index in [0.717, 1.165) is 12.0 Å². The van der Waals surface area contributed by atoms with Crippen LogP contribution in [0.5, 0.6) is 0 Å². The molecule has 3 heteroatoms. The predicted molar refractivity (Wildman–Crippen MR) is 99.7 cm³/mol. The number of carbonyl (C=O) groups excluding carboxylic acids is 1. The van der Waals surface area contributed by atoms with E-state index < -0.39 is 5.54 Å². The van der Waals surface area contributed by atoms with Crippen LogP contribution in [0.1, 0.15) is 45.2 Å². The predicted octanol–water partition coefficient (Wildman–Crippen LogP) is 3.73. The molecule has 0 saturated carbocycles. The summed E-state index contributed by atoms with van der Waals surface area (Å²) in [7, 11) is 0. The molecule has 0 aliphatic heterocycles. The van der Waals surface area contributed by atoms with E-state index in [1.165, 1.54) is 5.56 Å². The van der Waals surface area contributed by atoms with Crippen LogP contribution in [0.25, 0.3) is 0 Å². The van der Waals surface area contributed by atoms with Gasteiger partial charge < -0.3 is 11.1 Å². The first-order valence-electron chi connectivity index (χ1n) is 8.44. The summed E-state index contributed by atoms with van der Waals surface area (Å²) >= 11 is 0. The number of nitrogens with one attached hydrogen (secondary N) is 1. The van der Waals surface area contributed by atoms with E-state index in [-0.39, 0.29) is 17.4 Å². The van der Waals surface area contributed by atoms with Gasteiger partial charge in [0.1, 0.15) is 5.54 Å². The molecule has 2 rings (SSSR count). The van der Waals surface area contributed by atoms with E-state index in [0.29, 0.717) is 0 Å². The molecule has 0 spiro atoms. The summed E-state index contributed by atoms with van der Waals surface area (Å²) in [5.74, 6) is -0.148. The average Bonchev–Trinajstić information content (AvgIpc) is 2.55. The Bertz CT molecular complexity index is 663. The molecule has 1 amide bonds. The third-order valence-corrected chi connectivity index (χ3v) is 4.59. The lowest BCUT2D eigenvalue weighted by molar-refractivity contribution is -0.126. The maximum Gasteiger partial charge on any atom is 0.244 e. The molecule has 0 aliphatic carbocycles. The van der Waals surface area contributed by atoms with E-state index in [4.69, 9.17) is 5.73 Å². The first-order chi connectivity index (χ1) is 11.2. The SMILES string of the molecule is CC(CC(C)(C)c1ccccc1)NC(=O)C(C)(N)c1ccccc1. The van der Waals surface area contributed by atoms with Crippen molar-refractivity contribution in [3.8, 4) is 0 Å². The van der Waals surface area contributed by atoms with Crippen LogP contribution in [-0.4, -0.2) is 11.9 Å². The summed E-state index contributed by atoms with van der Waals surface area (Å²) < 4.78 is 0. The van der Waals surface area contributed by atoms with Gasteiger partial charge in [-0.1, -0.05) is 74.5 Å². The van der Waals surface area contributed by atoms with Crippen molar-refractivity contribution in [2.45, 2.75) is 51.1 Å². The minimum absolute atomic E-state index is 0.0221. The lowest BCUT2D eigenvalue weighted by Gasteiger charge is -2.31. The number of carbonyl (C=O) groups is 1. The second-order valence-corrected chi connectivity index (χ2v) is 7.40. The van der Waals surface area contributed by atoms with Gasteiger partial charge in [0.15, 0.2) is 0 Å². The van der Waals surface area contributed by atoms with Crippen LogP contribution in [-0.2, 0) is 15.7 Å². The molecule has 2 unspecified atom stereocenters. The fraction of sp³-hybridized carbons (Fsp3) is 0.381. The van der Waals surface area contributed by atoms with Crippen molar-refractivity contribution >= 4 is 5.91 Å². The first-order valence-corrected chi connectivity index (χ1v) is 8.44. The number of nitrogens with two attached hydrogens (primary N) is 1. The van der Waals surface area contributed by atoms with Gasteiger partial charge in [-0.3, -0.25) is 4.79 Å². The zero-order valence-electron chi connectivity index (χ0n) is 15.0. The maximum atomic E-state index is 12.7. The highest BCUT2D eigenvalue weighted by molar-refractivity contribution is 5.87. The first kappa shape index (κ1) is 18.2. The molecule has 128 valence electrons. The van der Waals surface area contributed by atoms with E-state index in [2.05, 4.69) is 31.3 Å². The smallest absolute Gasteiger partial charge is 0.244 e. The molecule has 2 atom stereocenters. The van der Waals surface area contributed by atoms with Gasteiger partial charge in [-0.05, 0) is 36.8 Å². The summed E-state index contributed by atoms with van der Waals surface area (Å²) in [6, 6.07) is 19.9. The number of amides is 1.